The predicted molar refractivity (Wildman–Crippen MR) is 67.8 cm³/mol. The minimum Gasteiger partial charge on any atom is -0.348 e. The molecule has 100 valence electrons. The molecule has 1 aliphatic heterocycles. The van der Waals surface area contributed by atoms with Crippen LogP contribution < -0.4 is 10.0 Å². The summed E-state index contributed by atoms with van der Waals surface area (Å²) in [5.41, 5.74) is 0.789. The summed E-state index contributed by atoms with van der Waals surface area (Å²) >= 11 is 0. The van der Waals surface area contributed by atoms with E-state index in [0.717, 1.165) is 0 Å². The van der Waals surface area contributed by atoms with Crippen LogP contribution >= 0.6 is 0 Å². The molecule has 1 aromatic carbocycles. The van der Waals surface area contributed by atoms with Crippen LogP contribution in [0.2, 0.25) is 0 Å². The molecule has 0 aromatic heterocycles. The average molecular weight is 280 g/mol. The summed E-state index contributed by atoms with van der Waals surface area (Å²) in [7, 11) is -3.83. The van der Waals surface area contributed by atoms with E-state index >= 15 is 0 Å². The number of rotatable bonds is 3. The first-order chi connectivity index (χ1) is 8.83. The molecule has 0 unspecified atom stereocenters. The molecule has 0 radical (unpaired) electrons. The SMILES string of the molecule is C=C(C)C(=O)NCc1cccc2c1S(=O)(=O)NC2=O. The maximum atomic E-state index is 11.8. The van der Waals surface area contributed by atoms with Crippen molar-refractivity contribution in [1.82, 2.24) is 10.0 Å². The second kappa shape index (κ2) is 4.51. The summed E-state index contributed by atoms with van der Waals surface area (Å²) in [5.74, 6) is -1.02. The quantitative estimate of drug-likeness (QED) is 0.779. The lowest BCUT2D eigenvalue weighted by Crippen LogP contribution is -2.25. The van der Waals surface area contributed by atoms with E-state index in [2.05, 4.69) is 11.9 Å². The van der Waals surface area contributed by atoms with Gasteiger partial charge in [-0.1, -0.05) is 18.7 Å². The van der Waals surface area contributed by atoms with Crippen molar-refractivity contribution >= 4 is 21.8 Å². The molecule has 1 heterocycles. The molecule has 2 rings (SSSR count). The number of carbonyl (C=O) groups excluding carboxylic acids is 2. The number of sulfonamides is 1. The molecule has 0 saturated carbocycles. The zero-order valence-electron chi connectivity index (χ0n) is 10.2. The Morgan fingerprint density at radius 3 is 2.74 bits per heavy atom. The van der Waals surface area contributed by atoms with Crippen molar-refractivity contribution in [3.63, 3.8) is 0 Å². The lowest BCUT2D eigenvalue weighted by atomic mass is 10.1. The van der Waals surface area contributed by atoms with Crippen LogP contribution in [-0.4, -0.2) is 20.2 Å². The van der Waals surface area contributed by atoms with Crippen LogP contribution in [0, 0.1) is 0 Å². The highest BCUT2D eigenvalue weighted by Gasteiger charge is 2.34. The highest BCUT2D eigenvalue weighted by Crippen LogP contribution is 2.26. The lowest BCUT2D eigenvalue weighted by Gasteiger charge is -2.08. The van der Waals surface area contributed by atoms with Crippen LogP contribution in [0.5, 0.6) is 0 Å². The molecule has 0 saturated heterocycles. The average Bonchev–Trinajstić information content (AvgIpc) is 2.57. The normalized spacial score (nSPS) is 15.5. The van der Waals surface area contributed by atoms with Gasteiger partial charge in [0.1, 0.15) is 4.90 Å². The fourth-order valence-corrected chi connectivity index (χ4v) is 3.17. The van der Waals surface area contributed by atoms with Crippen molar-refractivity contribution in [2.45, 2.75) is 18.4 Å². The van der Waals surface area contributed by atoms with Crippen molar-refractivity contribution in [3.05, 3.63) is 41.5 Å². The number of carbonyl (C=O) groups is 2. The number of hydrogen-bond acceptors (Lipinski definition) is 4. The number of fused-ring (bicyclic) bond motifs is 1. The Morgan fingerprint density at radius 1 is 1.42 bits per heavy atom. The molecule has 0 fully saturated rings. The van der Waals surface area contributed by atoms with Gasteiger partial charge in [0.05, 0.1) is 5.56 Å². The first kappa shape index (κ1) is 13.3. The van der Waals surface area contributed by atoms with Crippen LogP contribution in [0.1, 0.15) is 22.8 Å². The summed E-state index contributed by atoms with van der Waals surface area (Å²) in [5, 5.41) is 2.54. The summed E-state index contributed by atoms with van der Waals surface area (Å²) in [6.45, 7) is 5.05. The smallest absolute Gasteiger partial charge is 0.266 e. The summed E-state index contributed by atoms with van der Waals surface area (Å²) < 4.78 is 25.5. The Kier molecular flexibility index (Phi) is 3.15. The van der Waals surface area contributed by atoms with E-state index in [1.54, 1.807) is 19.1 Å². The molecule has 7 heteroatoms. The third-order valence-electron chi connectivity index (χ3n) is 2.66. The topological polar surface area (TPSA) is 92.3 Å². The molecule has 19 heavy (non-hydrogen) atoms. The van der Waals surface area contributed by atoms with Crippen LogP contribution in [0.15, 0.2) is 35.2 Å². The molecular weight excluding hydrogens is 268 g/mol. The van der Waals surface area contributed by atoms with Gasteiger partial charge in [0.2, 0.25) is 5.91 Å². The van der Waals surface area contributed by atoms with Gasteiger partial charge in [-0.05, 0) is 18.6 Å². The standard InChI is InChI=1S/C12H12N2O4S/c1-7(2)11(15)13-6-8-4-3-5-9-10(8)19(17,18)14-12(9)16/h3-5H,1,6H2,2H3,(H,13,15)(H,14,16). The van der Waals surface area contributed by atoms with Gasteiger partial charge in [-0.3, -0.25) is 9.59 Å². The number of hydrogen-bond donors (Lipinski definition) is 2. The first-order valence-corrected chi connectivity index (χ1v) is 6.94. The summed E-state index contributed by atoms with van der Waals surface area (Å²) in [4.78, 5) is 22.8. The molecule has 0 aliphatic carbocycles. The fraction of sp³-hybridized carbons (Fsp3) is 0.167. The molecule has 1 aliphatic rings. The second-order valence-corrected chi connectivity index (χ2v) is 5.81. The third kappa shape index (κ3) is 2.37. The molecule has 6 nitrogen and oxygen atoms in total. The number of amides is 2. The van der Waals surface area contributed by atoms with Crippen molar-refractivity contribution in [3.8, 4) is 0 Å². The van der Waals surface area contributed by atoms with Gasteiger partial charge in [0, 0.05) is 12.1 Å². The van der Waals surface area contributed by atoms with E-state index in [1.165, 1.54) is 6.07 Å². The zero-order valence-corrected chi connectivity index (χ0v) is 11.0. The van der Waals surface area contributed by atoms with Crippen molar-refractivity contribution in [2.24, 2.45) is 0 Å². The minimum absolute atomic E-state index is 0.0169. The van der Waals surface area contributed by atoms with E-state index in [0.29, 0.717) is 11.1 Å². The van der Waals surface area contributed by atoms with Gasteiger partial charge in [0.15, 0.2) is 0 Å². The van der Waals surface area contributed by atoms with E-state index < -0.39 is 15.9 Å². The maximum absolute atomic E-state index is 11.8. The summed E-state index contributed by atoms with van der Waals surface area (Å²) in [6, 6.07) is 4.55. The van der Waals surface area contributed by atoms with E-state index in [-0.39, 0.29) is 22.9 Å². The molecule has 0 bridgehead atoms. The first-order valence-electron chi connectivity index (χ1n) is 5.45. The molecule has 1 aromatic rings. The zero-order chi connectivity index (χ0) is 14.2. The molecular formula is C12H12N2O4S. The predicted octanol–water partition coefficient (Wildman–Crippen LogP) is 0.311. The van der Waals surface area contributed by atoms with Gasteiger partial charge < -0.3 is 5.32 Å². The summed E-state index contributed by atoms with van der Waals surface area (Å²) in [6.07, 6.45) is 0. The maximum Gasteiger partial charge on any atom is 0.266 e. The molecule has 2 N–H and O–H groups in total. The fourth-order valence-electron chi connectivity index (χ4n) is 1.77. The van der Waals surface area contributed by atoms with E-state index in [1.807, 2.05) is 4.72 Å². The third-order valence-corrected chi connectivity index (χ3v) is 4.14. The molecule has 0 spiro atoms. The lowest BCUT2D eigenvalue weighted by molar-refractivity contribution is -0.117. The Bertz CT molecular complexity index is 692. The van der Waals surface area contributed by atoms with Gasteiger partial charge in [-0.15, -0.1) is 0 Å². The van der Waals surface area contributed by atoms with Crippen LogP contribution in [0.25, 0.3) is 0 Å². The largest absolute Gasteiger partial charge is 0.348 e. The van der Waals surface area contributed by atoms with Gasteiger partial charge in [-0.25, -0.2) is 13.1 Å². The molecule has 0 atom stereocenters. The van der Waals surface area contributed by atoms with Crippen LogP contribution in [0.4, 0.5) is 0 Å². The Morgan fingerprint density at radius 2 is 2.11 bits per heavy atom. The van der Waals surface area contributed by atoms with E-state index in [9.17, 15) is 18.0 Å². The van der Waals surface area contributed by atoms with Crippen molar-refractivity contribution in [1.29, 1.82) is 0 Å². The van der Waals surface area contributed by atoms with Crippen molar-refractivity contribution < 1.29 is 18.0 Å². The van der Waals surface area contributed by atoms with Gasteiger partial charge in [-0.2, -0.15) is 0 Å². The Balaban J connectivity index is 2.37. The van der Waals surface area contributed by atoms with Crippen LogP contribution in [-0.2, 0) is 21.4 Å². The Labute approximate surface area is 110 Å². The second-order valence-electron chi connectivity index (χ2n) is 4.19. The van der Waals surface area contributed by atoms with Crippen molar-refractivity contribution in [2.75, 3.05) is 0 Å². The van der Waals surface area contributed by atoms with Gasteiger partial charge in [0.25, 0.3) is 15.9 Å². The van der Waals surface area contributed by atoms with Crippen LogP contribution in [0.3, 0.4) is 0 Å². The number of nitrogens with one attached hydrogen (secondary N) is 2. The highest BCUT2D eigenvalue weighted by molar-refractivity contribution is 7.90. The number of benzene rings is 1. The minimum atomic E-state index is -3.83. The van der Waals surface area contributed by atoms with E-state index in [4.69, 9.17) is 0 Å². The monoisotopic (exact) mass is 280 g/mol. The highest BCUT2D eigenvalue weighted by atomic mass is 32.2. The van der Waals surface area contributed by atoms with Gasteiger partial charge >= 0.3 is 0 Å². The Hall–Kier alpha value is -2.15. The molecule has 2 amide bonds.